The summed E-state index contributed by atoms with van der Waals surface area (Å²) in [7, 11) is 1.58. The molecular formula is C11H17N3O2. The molecule has 16 heavy (non-hydrogen) atoms. The maximum absolute atomic E-state index is 11.5. The SMILES string of the molecule is COCCC(N)C(=O)NCc1cccnc1. The maximum Gasteiger partial charge on any atom is 0.237 e. The van der Waals surface area contributed by atoms with E-state index in [9.17, 15) is 4.79 Å². The molecule has 5 nitrogen and oxygen atoms in total. The second-order valence-electron chi connectivity index (χ2n) is 3.47. The maximum atomic E-state index is 11.5. The summed E-state index contributed by atoms with van der Waals surface area (Å²) in [5.74, 6) is -0.166. The molecular weight excluding hydrogens is 206 g/mol. The quantitative estimate of drug-likeness (QED) is 0.715. The molecule has 1 aromatic rings. The van der Waals surface area contributed by atoms with Crippen LogP contribution in [-0.4, -0.2) is 30.6 Å². The largest absolute Gasteiger partial charge is 0.385 e. The fraction of sp³-hybridized carbons (Fsp3) is 0.455. The van der Waals surface area contributed by atoms with Gasteiger partial charge in [0.2, 0.25) is 5.91 Å². The van der Waals surface area contributed by atoms with Gasteiger partial charge in [-0.15, -0.1) is 0 Å². The zero-order valence-corrected chi connectivity index (χ0v) is 9.35. The van der Waals surface area contributed by atoms with Crippen molar-refractivity contribution in [3.8, 4) is 0 Å². The van der Waals surface area contributed by atoms with Gasteiger partial charge in [-0.1, -0.05) is 6.07 Å². The molecule has 0 aromatic carbocycles. The topological polar surface area (TPSA) is 77.2 Å². The van der Waals surface area contributed by atoms with Crippen molar-refractivity contribution >= 4 is 5.91 Å². The Hall–Kier alpha value is -1.46. The molecule has 0 aliphatic rings. The molecule has 1 heterocycles. The number of nitrogens with zero attached hydrogens (tertiary/aromatic N) is 1. The van der Waals surface area contributed by atoms with Crippen LogP contribution in [0.2, 0.25) is 0 Å². The Morgan fingerprint density at radius 2 is 2.50 bits per heavy atom. The molecule has 0 fully saturated rings. The Labute approximate surface area is 95.0 Å². The number of rotatable bonds is 6. The van der Waals surface area contributed by atoms with Crippen LogP contribution in [0.4, 0.5) is 0 Å². The number of ether oxygens (including phenoxy) is 1. The highest BCUT2D eigenvalue weighted by molar-refractivity contribution is 5.81. The standard InChI is InChI=1S/C11H17N3O2/c1-16-6-4-10(12)11(15)14-8-9-3-2-5-13-7-9/h2-3,5,7,10H,4,6,8,12H2,1H3,(H,14,15). The number of carbonyl (C=O) groups is 1. The van der Waals surface area contributed by atoms with E-state index in [4.69, 9.17) is 10.5 Å². The number of amides is 1. The van der Waals surface area contributed by atoms with Gasteiger partial charge in [0.1, 0.15) is 0 Å². The van der Waals surface area contributed by atoms with Crippen molar-refractivity contribution in [2.75, 3.05) is 13.7 Å². The van der Waals surface area contributed by atoms with Gasteiger partial charge in [0, 0.05) is 32.7 Å². The lowest BCUT2D eigenvalue weighted by atomic mass is 10.2. The first-order chi connectivity index (χ1) is 7.74. The minimum atomic E-state index is -0.517. The number of nitrogens with one attached hydrogen (secondary N) is 1. The van der Waals surface area contributed by atoms with Crippen molar-refractivity contribution in [2.24, 2.45) is 5.73 Å². The van der Waals surface area contributed by atoms with E-state index in [0.717, 1.165) is 5.56 Å². The second kappa shape index (κ2) is 6.92. The Morgan fingerprint density at radius 3 is 3.12 bits per heavy atom. The lowest BCUT2D eigenvalue weighted by molar-refractivity contribution is -0.122. The van der Waals surface area contributed by atoms with Gasteiger partial charge in [-0.05, 0) is 18.1 Å². The van der Waals surface area contributed by atoms with E-state index in [1.807, 2.05) is 12.1 Å². The molecule has 0 radical (unpaired) electrons. The highest BCUT2D eigenvalue weighted by atomic mass is 16.5. The summed E-state index contributed by atoms with van der Waals surface area (Å²) in [6.45, 7) is 0.939. The van der Waals surface area contributed by atoms with Crippen LogP contribution in [0, 0.1) is 0 Å². The number of methoxy groups -OCH3 is 1. The summed E-state index contributed by atoms with van der Waals surface area (Å²) in [5.41, 5.74) is 6.61. The normalized spacial score (nSPS) is 12.1. The predicted molar refractivity (Wildman–Crippen MR) is 60.6 cm³/mol. The van der Waals surface area contributed by atoms with Crippen LogP contribution in [-0.2, 0) is 16.1 Å². The zero-order chi connectivity index (χ0) is 11.8. The Morgan fingerprint density at radius 1 is 1.69 bits per heavy atom. The molecule has 1 aromatic heterocycles. The van der Waals surface area contributed by atoms with Crippen LogP contribution in [0.3, 0.4) is 0 Å². The molecule has 0 aliphatic heterocycles. The van der Waals surface area contributed by atoms with E-state index in [0.29, 0.717) is 19.6 Å². The fourth-order valence-corrected chi connectivity index (χ4v) is 1.20. The summed E-state index contributed by atoms with van der Waals surface area (Å²) in [4.78, 5) is 15.5. The molecule has 1 amide bonds. The molecule has 0 bridgehead atoms. The van der Waals surface area contributed by atoms with Gasteiger partial charge >= 0.3 is 0 Å². The van der Waals surface area contributed by atoms with E-state index in [1.54, 1.807) is 19.5 Å². The van der Waals surface area contributed by atoms with Crippen molar-refractivity contribution in [1.82, 2.24) is 10.3 Å². The van der Waals surface area contributed by atoms with Crippen LogP contribution in [0.15, 0.2) is 24.5 Å². The van der Waals surface area contributed by atoms with Crippen LogP contribution in [0.5, 0.6) is 0 Å². The lowest BCUT2D eigenvalue weighted by Crippen LogP contribution is -2.40. The van der Waals surface area contributed by atoms with E-state index >= 15 is 0 Å². The van der Waals surface area contributed by atoms with Gasteiger partial charge in [-0.3, -0.25) is 9.78 Å². The van der Waals surface area contributed by atoms with Gasteiger partial charge < -0.3 is 15.8 Å². The molecule has 3 N–H and O–H groups in total. The minimum Gasteiger partial charge on any atom is -0.385 e. The van der Waals surface area contributed by atoms with Gasteiger partial charge in [0.05, 0.1) is 6.04 Å². The van der Waals surface area contributed by atoms with E-state index < -0.39 is 6.04 Å². The zero-order valence-electron chi connectivity index (χ0n) is 9.35. The van der Waals surface area contributed by atoms with Crippen molar-refractivity contribution in [1.29, 1.82) is 0 Å². The summed E-state index contributed by atoms with van der Waals surface area (Å²) in [5, 5.41) is 2.75. The Balaban J connectivity index is 2.29. The van der Waals surface area contributed by atoms with Gasteiger partial charge in [0.25, 0.3) is 0 Å². The van der Waals surface area contributed by atoms with Crippen molar-refractivity contribution in [3.05, 3.63) is 30.1 Å². The van der Waals surface area contributed by atoms with Crippen LogP contribution >= 0.6 is 0 Å². The third-order valence-corrected chi connectivity index (χ3v) is 2.16. The molecule has 1 unspecified atom stereocenters. The van der Waals surface area contributed by atoms with E-state index in [2.05, 4.69) is 10.3 Å². The third kappa shape index (κ3) is 4.37. The summed E-state index contributed by atoms with van der Waals surface area (Å²) >= 11 is 0. The Bertz CT molecular complexity index is 316. The second-order valence-corrected chi connectivity index (χ2v) is 3.47. The molecule has 0 saturated carbocycles. The molecule has 5 heteroatoms. The van der Waals surface area contributed by atoms with Gasteiger partial charge in [-0.2, -0.15) is 0 Å². The van der Waals surface area contributed by atoms with Crippen LogP contribution < -0.4 is 11.1 Å². The minimum absolute atomic E-state index is 0.166. The summed E-state index contributed by atoms with van der Waals surface area (Å²) < 4.78 is 4.86. The molecule has 1 atom stereocenters. The average Bonchev–Trinajstić information content (AvgIpc) is 2.34. The number of pyridine rings is 1. The molecule has 0 aliphatic carbocycles. The summed E-state index contributed by atoms with van der Waals surface area (Å²) in [6, 6.07) is 3.21. The molecule has 0 saturated heterocycles. The number of carbonyl (C=O) groups excluding carboxylic acids is 1. The first kappa shape index (κ1) is 12.6. The number of nitrogens with two attached hydrogens (primary N) is 1. The summed E-state index contributed by atoms with van der Waals surface area (Å²) in [6.07, 6.45) is 3.92. The van der Waals surface area contributed by atoms with Crippen LogP contribution in [0.1, 0.15) is 12.0 Å². The van der Waals surface area contributed by atoms with Crippen molar-refractivity contribution < 1.29 is 9.53 Å². The monoisotopic (exact) mass is 223 g/mol. The van der Waals surface area contributed by atoms with Gasteiger partial charge in [0.15, 0.2) is 0 Å². The fourth-order valence-electron chi connectivity index (χ4n) is 1.20. The smallest absolute Gasteiger partial charge is 0.237 e. The highest BCUT2D eigenvalue weighted by Crippen LogP contribution is 1.95. The highest BCUT2D eigenvalue weighted by Gasteiger charge is 2.12. The Kier molecular flexibility index (Phi) is 5.45. The van der Waals surface area contributed by atoms with Crippen LogP contribution in [0.25, 0.3) is 0 Å². The predicted octanol–water partition coefficient (Wildman–Crippen LogP) is 0.0616. The van der Waals surface area contributed by atoms with Crippen molar-refractivity contribution in [2.45, 2.75) is 19.0 Å². The van der Waals surface area contributed by atoms with E-state index in [-0.39, 0.29) is 5.91 Å². The molecule has 1 rings (SSSR count). The van der Waals surface area contributed by atoms with E-state index in [1.165, 1.54) is 0 Å². The van der Waals surface area contributed by atoms with Gasteiger partial charge in [-0.25, -0.2) is 0 Å². The third-order valence-electron chi connectivity index (χ3n) is 2.16. The number of hydrogen-bond acceptors (Lipinski definition) is 4. The van der Waals surface area contributed by atoms with Crippen molar-refractivity contribution in [3.63, 3.8) is 0 Å². The first-order valence-electron chi connectivity index (χ1n) is 5.15. The average molecular weight is 223 g/mol. The first-order valence-corrected chi connectivity index (χ1v) is 5.15. The number of hydrogen-bond donors (Lipinski definition) is 2. The molecule has 0 spiro atoms. The lowest BCUT2D eigenvalue weighted by Gasteiger charge is -2.11. The molecule has 88 valence electrons. The number of aromatic nitrogens is 1.